The van der Waals surface area contributed by atoms with E-state index >= 15 is 0 Å². The Bertz CT molecular complexity index is 373. The Hall–Kier alpha value is -1.47. The van der Waals surface area contributed by atoms with Crippen LogP contribution < -0.4 is 0 Å². The first-order valence-corrected chi connectivity index (χ1v) is 4.79. The lowest BCUT2D eigenvalue weighted by molar-refractivity contribution is -0.0700. The summed E-state index contributed by atoms with van der Waals surface area (Å²) in [6.45, 7) is 0. The molecule has 0 fully saturated rings. The van der Waals surface area contributed by atoms with Gasteiger partial charge in [-0.15, -0.1) is 0 Å². The fourth-order valence-electron chi connectivity index (χ4n) is 1.19. The largest absolute Gasteiger partial charge is 0.457 e. The molecule has 0 spiro atoms. The SMILES string of the molecule is OC(C#CC(F)(F)F)CCc1ccccc1. The van der Waals surface area contributed by atoms with Crippen LogP contribution in [-0.4, -0.2) is 17.4 Å². The average Bonchev–Trinajstić information content (AvgIpc) is 2.24. The van der Waals surface area contributed by atoms with E-state index < -0.39 is 12.3 Å². The van der Waals surface area contributed by atoms with Crippen LogP contribution in [0.5, 0.6) is 0 Å². The van der Waals surface area contributed by atoms with E-state index in [4.69, 9.17) is 0 Å². The molecule has 0 amide bonds. The molecule has 1 N–H and O–H groups in total. The molecule has 1 rings (SSSR count). The monoisotopic (exact) mass is 228 g/mol. The van der Waals surface area contributed by atoms with Crippen molar-refractivity contribution in [2.75, 3.05) is 0 Å². The number of rotatable bonds is 3. The maximum Gasteiger partial charge on any atom is 0.457 e. The summed E-state index contributed by atoms with van der Waals surface area (Å²) in [5.41, 5.74) is 0.968. The molecule has 4 heteroatoms. The quantitative estimate of drug-likeness (QED) is 0.788. The van der Waals surface area contributed by atoms with Crippen LogP contribution >= 0.6 is 0 Å². The summed E-state index contributed by atoms with van der Waals surface area (Å²) >= 11 is 0. The van der Waals surface area contributed by atoms with Gasteiger partial charge in [0.25, 0.3) is 0 Å². The van der Waals surface area contributed by atoms with Gasteiger partial charge in [0.2, 0.25) is 0 Å². The smallest absolute Gasteiger partial charge is 0.380 e. The van der Waals surface area contributed by atoms with E-state index in [-0.39, 0.29) is 6.42 Å². The van der Waals surface area contributed by atoms with Crippen molar-refractivity contribution < 1.29 is 18.3 Å². The second-order valence-corrected chi connectivity index (χ2v) is 3.31. The maximum absolute atomic E-state index is 11.7. The van der Waals surface area contributed by atoms with Crippen molar-refractivity contribution in [1.29, 1.82) is 0 Å². The lowest BCUT2D eigenvalue weighted by Crippen LogP contribution is -2.08. The molecule has 16 heavy (non-hydrogen) atoms. The van der Waals surface area contributed by atoms with Crippen LogP contribution in [0.15, 0.2) is 30.3 Å². The second-order valence-electron chi connectivity index (χ2n) is 3.31. The van der Waals surface area contributed by atoms with Crippen molar-refractivity contribution in [3.63, 3.8) is 0 Å². The molecule has 0 aliphatic heterocycles. The highest BCUT2D eigenvalue weighted by Crippen LogP contribution is 2.12. The van der Waals surface area contributed by atoms with E-state index in [0.29, 0.717) is 6.42 Å². The zero-order valence-corrected chi connectivity index (χ0v) is 8.46. The normalized spacial score (nSPS) is 12.8. The Morgan fingerprint density at radius 3 is 2.38 bits per heavy atom. The fraction of sp³-hybridized carbons (Fsp3) is 0.333. The molecule has 0 radical (unpaired) electrons. The highest BCUT2D eigenvalue weighted by molar-refractivity contribution is 5.16. The van der Waals surface area contributed by atoms with Gasteiger partial charge in [-0.05, 0) is 18.4 Å². The van der Waals surface area contributed by atoms with E-state index in [1.165, 1.54) is 0 Å². The van der Waals surface area contributed by atoms with Crippen molar-refractivity contribution in [2.24, 2.45) is 0 Å². The summed E-state index contributed by atoms with van der Waals surface area (Å²) in [6, 6.07) is 9.23. The summed E-state index contributed by atoms with van der Waals surface area (Å²) in [6.07, 6.45) is -5.06. The molecule has 1 atom stereocenters. The van der Waals surface area contributed by atoms with Gasteiger partial charge in [0.05, 0.1) is 0 Å². The van der Waals surface area contributed by atoms with Gasteiger partial charge in [-0.25, -0.2) is 0 Å². The number of aliphatic hydroxyl groups excluding tert-OH is 1. The van der Waals surface area contributed by atoms with Crippen molar-refractivity contribution in [1.82, 2.24) is 0 Å². The third-order valence-electron chi connectivity index (χ3n) is 1.93. The Morgan fingerprint density at radius 2 is 1.81 bits per heavy atom. The Kier molecular flexibility index (Phi) is 4.39. The van der Waals surface area contributed by atoms with Gasteiger partial charge in [-0.2, -0.15) is 13.2 Å². The van der Waals surface area contributed by atoms with Gasteiger partial charge in [0.15, 0.2) is 0 Å². The summed E-state index contributed by atoms with van der Waals surface area (Å²) in [5.74, 6) is 2.83. The number of aryl methyl sites for hydroxylation is 1. The number of hydrogen-bond acceptors (Lipinski definition) is 1. The number of benzene rings is 1. The molecule has 0 saturated carbocycles. The molecule has 0 saturated heterocycles. The van der Waals surface area contributed by atoms with Crippen LogP contribution in [-0.2, 0) is 6.42 Å². The minimum Gasteiger partial charge on any atom is -0.380 e. The minimum absolute atomic E-state index is 0.201. The zero-order chi connectivity index (χ0) is 12.0. The molecule has 1 unspecified atom stereocenters. The van der Waals surface area contributed by atoms with E-state index in [1.54, 1.807) is 5.92 Å². The van der Waals surface area contributed by atoms with Gasteiger partial charge < -0.3 is 5.11 Å². The first-order valence-electron chi connectivity index (χ1n) is 4.79. The summed E-state index contributed by atoms with van der Waals surface area (Å²) in [4.78, 5) is 0. The molecule has 0 heterocycles. The Morgan fingerprint density at radius 1 is 1.19 bits per heavy atom. The standard InChI is InChI=1S/C12H11F3O/c13-12(14,15)9-8-11(16)7-6-10-4-2-1-3-5-10/h1-5,11,16H,6-7H2. The summed E-state index contributed by atoms with van der Waals surface area (Å²) < 4.78 is 35.1. The number of alkyl halides is 3. The first-order chi connectivity index (χ1) is 7.47. The van der Waals surface area contributed by atoms with Crippen LogP contribution in [0, 0.1) is 11.8 Å². The van der Waals surface area contributed by atoms with Gasteiger partial charge >= 0.3 is 6.18 Å². The number of hydrogen-bond donors (Lipinski definition) is 1. The van der Waals surface area contributed by atoms with E-state index in [1.807, 2.05) is 30.3 Å². The maximum atomic E-state index is 11.7. The van der Waals surface area contributed by atoms with Crippen LogP contribution in [0.2, 0.25) is 0 Å². The predicted molar refractivity (Wildman–Crippen MR) is 54.6 cm³/mol. The first kappa shape index (κ1) is 12.6. The summed E-state index contributed by atoms with van der Waals surface area (Å²) in [7, 11) is 0. The molecule has 0 bridgehead atoms. The molecule has 1 aromatic rings. The topological polar surface area (TPSA) is 20.2 Å². The lowest BCUT2D eigenvalue weighted by Gasteiger charge is -2.03. The van der Waals surface area contributed by atoms with Crippen LogP contribution in [0.4, 0.5) is 13.2 Å². The van der Waals surface area contributed by atoms with Gasteiger partial charge in [-0.1, -0.05) is 36.3 Å². The number of aliphatic hydroxyl groups is 1. The van der Waals surface area contributed by atoms with E-state index in [0.717, 1.165) is 11.5 Å². The fourth-order valence-corrected chi connectivity index (χ4v) is 1.19. The highest BCUT2D eigenvalue weighted by Gasteiger charge is 2.23. The molecule has 1 nitrogen and oxygen atoms in total. The third kappa shape index (κ3) is 5.42. The van der Waals surface area contributed by atoms with Gasteiger partial charge in [0, 0.05) is 5.92 Å². The molecule has 1 aromatic carbocycles. The Labute approximate surface area is 91.9 Å². The molecule has 86 valence electrons. The van der Waals surface area contributed by atoms with Crippen molar-refractivity contribution >= 4 is 0 Å². The molecular weight excluding hydrogens is 217 g/mol. The zero-order valence-electron chi connectivity index (χ0n) is 8.46. The minimum atomic E-state index is -4.53. The van der Waals surface area contributed by atoms with Crippen LogP contribution in [0.3, 0.4) is 0 Å². The van der Waals surface area contributed by atoms with Crippen molar-refractivity contribution in [3.8, 4) is 11.8 Å². The number of halogens is 3. The predicted octanol–water partition coefficient (Wildman–Crippen LogP) is 2.55. The molecular formula is C12H11F3O. The highest BCUT2D eigenvalue weighted by atomic mass is 19.4. The molecule has 0 aliphatic carbocycles. The van der Waals surface area contributed by atoms with E-state index in [2.05, 4.69) is 0 Å². The molecule has 0 aliphatic rings. The van der Waals surface area contributed by atoms with Gasteiger partial charge in [0.1, 0.15) is 6.10 Å². The second kappa shape index (κ2) is 5.57. The lowest BCUT2D eigenvalue weighted by atomic mass is 10.1. The van der Waals surface area contributed by atoms with Crippen molar-refractivity contribution in [2.45, 2.75) is 25.1 Å². The third-order valence-corrected chi connectivity index (χ3v) is 1.93. The van der Waals surface area contributed by atoms with Crippen molar-refractivity contribution in [3.05, 3.63) is 35.9 Å². The Balaban J connectivity index is 2.41. The average molecular weight is 228 g/mol. The van der Waals surface area contributed by atoms with Gasteiger partial charge in [-0.3, -0.25) is 0 Å². The van der Waals surface area contributed by atoms with Crippen LogP contribution in [0.1, 0.15) is 12.0 Å². The summed E-state index contributed by atoms with van der Waals surface area (Å²) in [5, 5.41) is 9.20. The molecule has 0 aromatic heterocycles. The van der Waals surface area contributed by atoms with Crippen LogP contribution in [0.25, 0.3) is 0 Å². The van der Waals surface area contributed by atoms with E-state index in [9.17, 15) is 18.3 Å².